The van der Waals surface area contributed by atoms with E-state index in [1.807, 2.05) is 6.20 Å². The van der Waals surface area contributed by atoms with Crippen molar-refractivity contribution < 1.29 is 9.90 Å². The number of hydrogen-bond donors (Lipinski definition) is 3. The molecule has 0 amide bonds. The summed E-state index contributed by atoms with van der Waals surface area (Å²) >= 11 is 0. The molecule has 0 aromatic carbocycles. The highest BCUT2D eigenvalue weighted by atomic mass is 16.4. The molecule has 0 aromatic heterocycles. The van der Waals surface area contributed by atoms with Crippen molar-refractivity contribution in [1.82, 2.24) is 5.32 Å². The van der Waals surface area contributed by atoms with Crippen LogP contribution < -0.4 is 11.1 Å². The normalized spacial score (nSPS) is 34.9. The summed E-state index contributed by atoms with van der Waals surface area (Å²) in [5, 5.41) is 12.2. The molecule has 0 aromatic rings. The van der Waals surface area contributed by atoms with E-state index in [1.165, 1.54) is 18.4 Å². The Morgan fingerprint density at radius 2 is 2.44 bits per heavy atom. The van der Waals surface area contributed by atoms with E-state index in [1.54, 1.807) is 0 Å². The first-order valence-corrected chi connectivity index (χ1v) is 6.01. The number of carbonyl (C=O) groups is 1. The van der Waals surface area contributed by atoms with Gasteiger partial charge in [-0.25, -0.2) is 0 Å². The van der Waals surface area contributed by atoms with Gasteiger partial charge in [0.1, 0.15) is 6.04 Å². The summed E-state index contributed by atoms with van der Waals surface area (Å²) in [5.74, 6) is 0.341. The lowest BCUT2D eigenvalue weighted by atomic mass is 9.76. The number of fused-ring (bicyclic) bond motifs is 1. The SMILES string of the molecule is CC1CCC2NC=C(CC(N)C(=O)O)C2C1. The van der Waals surface area contributed by atoms with E-state index < -0.39 is 12.0 Å². The van der Waals surface area contributed by atoms with Crippen LogP contribution in [0.1, 0.15) is 32.6 Å². The maximum Gasteiger partial charge on any atom is 0.320 e. The summed E-state index contributed by atoms with van der Waals surface area (Å²) in [6, 6.07) is -0.240. The third-order valence-corrected chi connectivity index (χ3v) is 3.84. The average molecular weight is 224 g/mol. The molecule has 0 radical (unpaired) electrons. The van der Waals surface area contributed by atoms with Crippen molar-refractivity contribution in [2.24, 2.45) is 17.6 Å². The molecule has 4 atom stereocenters. The van der Waals surface area contributed by atoms with Crippen molar-refractivity contribution in [3.63, 3.8) is 0 Å². The van der Waals surface area contributed by atoms with Crippen molar-refractivity contribution in [2.75, 3.05) is 0 Å². The number of aliphatic carboxylic acids is 1. The fraction of sp³-hybridized carbons (Fsp3) is 0.750. The van der Waals surface area contributed by atoms with E-state index in [-0.39, 0.29) is 0 Å². The number of nitrogens with two attached hydrogens (primary N) is 1. The molecule has 90 valence electrons. The molecule has 0 spiro atoms. The van der Waals surface area contributed by atoms with Crippen LogP contribution in [0.15, 0.2) is 11.8 Å². The van der Waals surface area contributed by atoms with Crippen molar-refractivity contribution >= 4 is 5.97 Å². The van der Waals surface area contributed by atoms with Crippen molar-refractivity contribution in [3.05, 3.63) is 11.8 Å². The Kier molecular flexibility index (Phi) is 3.19. The predicted molar refractivity (Wildman–Crippen MR) is 61.7 cm³/mol. The topological polar surface area (TPSA) is 75.3 Å². The van der Waals surface area contributed by atoms with E-state index >= 15 is 0 Å². The Hall–Kier alpha value is -1.03. The van der Waals surface area contributed by atoms with Crippen LogP contribution in [0.3, 0.4) is 0 Å². The van der Waals surface area contributed by atoms with Crippen LogP contribution >= 0.6 is 0 Å². The van der Waals surface area contributed by atoms with Gasteiger partial charge in [-0.15, -0.1) is 0 Å². The fourth-order valence-corrected chi connectivity index (χ4v) is 2.86. The highest BCUT2D eigenvalue weighted by molar-refractivity contribution is 5.73. The van der Waals surface area contributed by atoms with Crippen LogP contribution in [-0.2, 0) is 4.79 Å². The van der Waals surface area contributed by atoms with Crippen molar-refractivity contribution in [3.8, 4) is 0 Å². The van der Waals surface area contributed by atoms with Crippen LogP contribution in [-0.4, -0.2) is 23.2 Å². The minimum Gasteiger partial charge on any atom is -0.480 e. The smallest absolute Gasteiger partial charge is 0.320 e. The van der Waals surface area contributed by atoms with Gasteiger partial charge in [-0.05, 0) is 43.4 Å². The first-order chi connectivity index (χ1) is 7.58. The molecule has 4 nitrogen and oxygen atoms in total. The number of hydrogen-bond acceptors (Lipinski definition) is 3. The number of rotatable bonds is 3. The molecule has 16 heavy (non-hydrogen) atoms. The lowest BCUT2D eigenvalue weighted by Gasteiger charge is -2.31. The van der Waals surface area contributed by atoms with Gasteiger partial charge in [0.2, 0.25) is 0 Å². The summed E-state index contributed by atoms with van der Waals surface area (Å²) in [6.07, 6.45) is 6.09. The zero-order valence-corrected chi connectivity index (χ0v) is 9.65. The van der Waals surface area contributed by atoms with E-state index in [4.69, 9.17) is 10.8 Å². The van der Waals surface area contributed by atoms with Gasteiger partial charge in [-0.3, -0.25) is 4.79 Å². The maximum atomic E-state index is 10.7. The van der Waals surface area contributed by atoms with Crippen molar-refractivity contribution in [2.45, 2.75) is 44.7 Å². The van der Waals surface area contributed by atoms with Gasteiger partial charge >= 0.3 is 5.97 Å². The second-order valence-corrected chi connectivity index (χ2v) is 5.17. The number of carboxylic acid groups (broad SMARTS) is 1. The van der Waals surface area contributed by atoms with Gasteiger partial charge in [0.05, 0.1) is 0 Å². The molecule has 1 fully saturated rings. The molecular weight excluding hydrogens is 204 g/mol. The van der Waals surface area contributed by atoms with Gasteiger partial charge in [0.15, 0.2) is 0 Å². The van der Waals surface area contributed by atoms with E-state index in [0.717, 1.165) is 12.3 Å². The van der Waals surface area contributed by atoms with E-state index in [2.05, 4.69) is 12.2 Å². The molecule has 1 aliphatic carbocycles. The summed E-state index contributed by atoms with van der Waals surface area (Å²) in [7, 11) is 0. The Balaban J connectivity index is 1.98. The summed E-state index contributed by atoms with van der Waals surface area (Å²) in [6.45, 7) is 2.27. The molecule has 0 bridgehead atoms. The standard InChI is InChI=1S/C12H20N2O2/c1-7-2-3-11-9(4-7)8(6-14-11)5-10(13)12(15)16/h6-7,9-11,14H,2-5,13H2,1H3,(H,15,16). The summed E-state index contributed by atoms with van der Waals surface area (Å²) < 4.78 is 0. The van der Waals surface area contributed by atoms with Gasteiger partial charge < -0.3 is 16.2 Å². The summed E-state index contributed by atoms with van der Waals surface area (Å²) in [5.41, 5.74) is 6.79. The maximum absolute atomic E-state index is 10.7. The second kappa shape index (κ2) is 4.45. The highest BCUT2D eigenvalue weighted by Gasteiger charge is 2.35. The zero-order chi connectivity index (χ0) is 11.7. The van der Waals surface area contributed by atoms with Crippen LogP contribution in [0.5, 0.6) is 0 Å². The van der Waals surface area contributed by atoms with Crippen LogP contribution in [0.4, 0.5) is 0 Å². The Bertz CT molecular complexity index is 314. The molecule has 2 rings (SSSR count). The van der Waals surface area contributed by atoms with Gasteiger partial charge in [-0.1, -0.05) is 6.92 Å². The highest BCUT2D eigenvalue weighted by Crippen LogP contribution is 2.38. The predicted octanol–water partition coefficient (Wildman–Crippen LogP) is 1.08. The molecule has 0 saturated heterocycles. The first kappa shape index (κ1) is 11.5. The zero-order valence-electron chi connectivity index (χ0n) is 9.65. The minimum atomic E-state index is -0.909. The Morgan fingerprint density at radius 3 is 3.12 bits per heavy atom. The molecule has 2 aliphatic rings. The third kappa shape index (κ3) is 2.21. The van der Waals surface area contributed by atoms with E-state index in [0.29, 0.717) is 18.4 Å². The largest absolute Gasteiger partial charge is 0.480 e. The van der Waals surface area contributed by atoms with Gasteiger partial charge in [0.25, 0.3) is 0 Å². The number of nitrogens with one attached hydrogen (secondary N) is 1. The lowest BCUT2D eigenvalue weighted by Crippen LogP contribution is -2.35. The number of carboxylic acids is 1. The minimum absolute atomic E-state index is 0.482. The molecule has 1 heterocycles. The quantitative estimate of drug-likeness (QED) is 0.670. The third-order valence-electron chi connectivity index (χ3n) is 3.84. The molecular formula is C12H20N2O2. The van der Waals surface area contributed by atoms with Crippen LogP contribution in [0.2, 0.25) is 0 Å². The lowest BCUT2D eigenvalue weighted by molar-refractivity contribution is -0.138. The van der Waals surface area contributed by atoms with Gasteiger partial charge in [-0.2, -0.15) is 0 Å². The molecule has 1 saturated carbocycles. The molecule has 4 heteroatoms. The molecule has 4 unspecified atom stereocenters. The Morgan fingerprint density at radius 1 is 1.69 bits per heavy atom. The Labute approximate surface area is 95.9 Å². The fourth-order valence-electron chi connectivity index (χ4n) is 2.86. The summed E-state index contributed by atoms with van der Waals surface area (Å²) in [4.78, 5) is 10.7. The van der Waals surface area contributed by atoms with Crippen molar-refractivity contribution in [1.29, 1.82) is 0 Å². The molecule has 1 aliphatic heterocycles. The first-order valence-electron chi connectivity index (χ1n) is 6.01. The monoisotopic (exact) mass is 224 g/mol. The second-order valence-electron chi connectivity index (χ2n) is 5.17. The van der Waals surface area contributed by atoms with Crippen LogP contribution in [0, 0.1) is 11.8 Å². The average Bonchev–Trinajstić information content (AvgIpc) is 2.61. The molecule has 4 N–H and O–H groups in total. The van der Waals surface area contributed by atoms with Crippen LogP contribution in [0.25, 0.3) is 0 Å². The van der Waals surface area contributed by atoms with Gasteiger partial charge in [0, 0.05) is 12.0 Å². The van der Waals surface area contributed by atoms with E-state index in [9.17, 15) is 4.79 Å².